The van der Waals surface area contributed by atoms with E-state index in [0.29, 0.717) is 0 Å². The first-order valence-electron chi connectivity index (χ1n) is 8.30. The number of anilines is 1. The summed E-state index contributed by atoms with van der Waals surface area (Å²) in [6.07, 6.45) is 0. The van der Waals surface area contributed by atoms with Crippen molar-refractivity contribution in [1.82, 2.24) is 9.97 Å². The van der Waals surface area contributed by atoms with Gasteiger partial charge in [0.2, 0.25) is 5.75 Å². The van der Waals surface area contributed by atoms with E-state index in [0.717, 1.165) is 22.7 Å². The Kier molecular flexibility index (Phi) is 5.78. The van der Waals surface area contributed by atoms with Gasteiger partial charge in [0.15, 0.2) is 21.4 Å². The number of amides is 1. The van der Waals surface area contributed by atoms with Gasteiger partial charge in [-0.1, -0.05) is 0 Å². The molecule has 3 aromatic rings. The maximum atomic E-state index is 12.6. The molecule has 0 fully saturated rings. The summed E-state index contributed by atoms with van der Waals surface area (Å²) in [4.78, 5) is 42.1. The third kappa shape index (κ3) is 3.99. The highest BCUT2D eigenvalue weighted by Gasteiger charge is 2.24. The third-order valence-electron chi connectivity index (χ3n) is 3.97. The Morgan fingerprint density at radius 1 is 1.27 bits per heavy atom. The van der Waals surface area contributed by atoms with Crippen molar-refractivity contribution < 1.29 is 28.2 Å². The van der Waals surface area contributed by atoms with Crippen molar-refractivity contribution in [2.45, 2.75) is 24.0 Å². The minimum Gasteiger partial charge on any atom is -0.501 e. The van der Waals surface area contributed by atoms with E-state index in [2.05, 4.69) is 15.3 Å². The van der Waals surface area contributed by atoms with Gasteiger partial charge in [-0.25, -0.2) is 18.2 Å². The van der Waals surface area contributed by atoms with Gasteiger partial charge in [0.25, 0.3) is 11.5 Å². The first-order chi connectivity index (χ1) is 14.0. The van der Waals surface area contributed by atoms with Gasteiger partial charge in [0, 0.05) is 5.38 Å². The van der Waals surface area contributed by atoms with Crippen LogP contribution in [0, 0.1) is 0 Å². The number of carbonyl (C=O) groups excluding carboxylic acids is 1. The zero-order valence-corrected chi connectivity index (χ0v) is 17.9. The third-order valence-corrected chi connectivity index (χ3v) is 8.11. The molecule has 0 aliphatic rings. The lowest BCUT2D eigenvalue weighted by Gasteiger charge is -2.07. The highest BCUT2D eigenvalue weighted by molar-refractivity contribution is 7.92. The number of carbonyl (C=O) groups is 2. The molecule has 0 unspecified atom stereocenters. The van der Waals surface area contributed by atoms with Crippen LogP contribution in [0.5, 0.6) is 5.75 Å². The molecule has 0 radical (unpaired) electrons. The summed E-state index contributed by atoms with van der Waals surface area (Å²) < 4.78 is 24.5. The molecule has 3 rings (SSSR count). The first-order valence-corrected chi connectivity index (χ1v) is 11.6. The predicted molar refractivity (Wildman–Crippen MR) is 111 cm³/mol. The molecule has 1 amide bonds. The SMILES string of the molecule is CC(C)S(=O)(=O)c1csc(C(=O)Nc2ccsc2-c2nc(C(=O)O)c(O)c(=O)[nH]2)c1. The largest absolute Gasteiger partial charge is 0.501 e. The zero-order chi connectivity index (χ0) is 22.2. The maximum absolute atomic E-state index is 12.6. The van der Waals surface area contributed by atoms with Crippen LogP contribution in [-0.4, -0.2) is 45.7 Å². The lowest BCUT2D eigenvalue weighted by atomic mass is 10.3. The zero-order valence-electron chi connectivity index (χ0n) is 15.5. The van der Waals surface area contributed by atoms with Crippen LogP contribution in [0.3, 0.4) is 0 Å². The minimum atomic E-state index is -3.52. The smallest absolute Gasteiger partial charge is 0.358 e. The van der Waals surface area contributed by atoms with E-state index in [1.165, 1.54) is 17.5 Å². The van der Waals surface area contributed by atoms with Crippen LogP contribution in [0.2, 0.25) is 0 Å². The van der Waals surface area contributed by atoms with Crippen molar-refractivity contribution >= 4 is 50.1 Å². The van der Waals surface area contributed by atoms with Gasteiger partial charge in [0.05, 0.1) is 25.6 Å². The fourth-order valence-corrected chi connectivity index (χ4v) is 5.40. The van der Waals surface area contributed by atoms with Gasteiger partial charge in [0.1, 0.15) is 0 Å². The Labute approximate surface area is 177 Å². The number of nitrogens with one attached hydrogen (secondary N) is 2. The Balaban J connectivity index is 1.93. The second kappa shape index (κ2) is 8.01. The lowest BCUT2D eigenvalue weighted by Crippen LogP contribution is -2.16. The average Bonchev–Trinajstić information content (AvgIpc) is 3.33. The van der Waals surface area contributed by atoms with Crippen LogP contribution in [0.1, 0.15) is 34.0 Å². The second-order valence-corrected chi connectivity index (χ2v) is 10.6. The summed E-state index contributed by atoms with van der Waals surface area (Å²) in [5, 5.41) is 23.6. The number of aromatic carboxylic acids is 1. The van der Waals surface area contributed by atoms with Gasteiger partial charge < -0.3 is 20.5 Å². The molecule has 0 aliphatic heterocycles. The molecule has 30 heavy (non-hydrogen) atoms. The maximum Gasteiger partial charge on any atom is 0.358 e. The molecule has 0 saturated carbocycles. The van der Waals surface area contributed by atoms with Crippen LogP contribution >= 0.6 is 22.7 Å². The molecule has 0 aromatic carbocycles. The number of H-pyrrole nitrogens is 1. The average molecular weight is 470 g/mol. The molecular weight excluding hydrogens is 454 g/mol. The van der Waals surface area contributed by atoms with Crippen molar-refractivity contribution in [1.29, 1.82) is 0 Å². The number of aromatic hydroxyl groups is 1. The summed E-state index contributed by atoms with van der Waals surface area (Å²) in [7, 11) is -3.52. The molecule has 0 atom stereocenters. The number of carboxylic acids is 1. The highest BCUT2D eigenvalue weighted by atomic mass is 32.2. The number of carboxylic acid groups (broad SMARTS) is 1. The van der Waals surface area contributed by atoms with Crippen molar-refractivity contribution in [2.75, 3.05) is 5.32 Å². The Morgan fingerprint density at radius 2 is 1.97 bits per heavy atom. The van der Waals surface area contributed by atoms with E-state index in [1.807, 2.05) is 0 Å². The van der Waals surface area contributed by atoms with Crippen LogP contribution in [0.4, 0.5) is 5.69 Å². The molecule has 0 spiro atoms. The van der Waals surface area contributed by atoms with E-state index >= 15 is 0 Å². The van der Waals surface area contributed by atoms with Crippen molar-refractivity contribution in [3.63, 3.8) is 0 Å². The standard InChI is InChI=1S/C17H15N3O7S3/c1-7(2)30(26,27)8-5-10(29-6-8)15(22)18-9-3-4-28-13(9)14-19-11(17(24)25)12(21)16(23)20-14/h3-7,21H,1-2H3,(H,18,22)(H,24,25)(H,19,20,23). The molecular formula is C17H15N3O7S3. The van der Waals surface area contributed by atoms with Gasteiger partial charge >= 0.3 is 5.97 Å². The molecule has 13 heteroatoms. The fraction of sp³-hybridized carbons (Fsp3) is 0.176. The molecule has 158 valence electrons. The predicted octanol–water partition coefficient (Wildman–Crippen LogP) is 2.40. The van der Waals surface area contributed by atoms with Crippen LogP contribution in [-0.2, 0) is 9.84 Å². The first kappa shape index (κ1) is 21.7. The minimum absolute atomic E-state index is 0.0498. The monoisotopic (exact) mass is 469 g/mol. The molecule has 0 bridgehead atoms. The summed E-state index contributed by atoms with van der Waals surface area (Å²) in [6.45, 7) is 3.09. The number of rotatable bonds is 6. The van der Waals surface area contributed by atoms with Gasteiger partial charge in [-0.05, 0) is 31.4 Å². The Hall–Kier alpha value is -3.03. The quantitative estimate of drug-likeness (QED) is 0.427. The molecule has 0 saturated heterocycles. The van der Waals surface area contributed by atoms with Crippen molar-refractivity contribution in [3.05, 3.63) is 43.8 Å². The van der Waals surface area contributed by atoms with E-state index in [9.17, 15) is 27.9 Å². The van der Waals surface area contributed by atoms with E-state index in [-0.39, 0.29) is 26.2 Å². The molecule has 3 aromatic heterocycles. The summed E-state index contributed by atoms with van der Waals surface area (Å²) in [5.74, 6) is -3.33. The van der Waals surface area contributed by atoms with Gasteiger partial charge in [-0.15, -0.1) is 22.7 Å². The Bertz CT molecular complexity index is 1300. The fourth-order valence-electron chi connectivity index (χ4n) is 2.36. The second-order valence-electron chi connectivity index (χ2n) is 6.27. The number of thiophene rings is 2. The summed E-state index contributed by atoms with van der Waals surface area (Å²) in [6, 6.07) is 2.80. The lowest BCUT2D eigenvalue weighted by molar-refractivity contribution is 0.0686. The van der Waals surface area contributed by atoms with E-state index in [1.54, 1.807) is 19.2 Å². The van der Waals surface area contributed by atoms with Crippen molar-refractivity contribution in [2.24, 2.45) is 0 Å². The normalized spacial score (nSPS) is 11.6. The summed E-state index contributed by atoms with van der Waals surface area (Å²) in [5.41, 5.74) is -1.62. The van der Waals surface area contributed by atoms with Crippen molar-refractivity contribution in [3.8, 4) is 16.5 Å². The van der Waals surface area contributed by atoms with Crippen LogP contribution in [0.15, 0.2) is 32.6 Å². The van der Waals surface area contributed by atoms with E-state index < -0.39 is 44.0 Å². The molecule has 10 nitrogen and oxygen atoms in total. The topological polar surface area (TPSA) is 167 Å². The van der Waals surface area contributed by atoms with Gasteiger partial charge in [-0.3, -0.25) is 9.59 Å². The summed E-state index contributed by atoms with van der Waals surface area (Å²) >= 11 is 2.04. The number of hydrogen-bond donors (Lipinski definition) is 4. The van der Waals surface area contributed by atoms with E-state index in [4.69, 9.17) is 5.11 Å². The molecule has 0 aliphatic carbocycles. The number of sulfone groups is 1. The number of nitrogens with zero attached hydrogens (tertiary/aromatic N) is 1. The Morgan fingerprint density at radius 3 is 2.60 bits per heavy atom. The highest BCUT2D eigenvalue weighted by Crippen LogP contribution is 2.32. The number of hydrogen-bond acceptors (Lipinski definition) is 9. The number of aromatic amines is 1. The van der Waals surface area contributed by atoms with Crippen LogP contribution < -0.4 is 10.9 Å². The number of aromatic nitrogens is 2. The van der Waals surface area contributed by atoms with Gasteiger partial charge in [-0.2, -0.15) is 0 Å². The molecule has 4 N–H and O–H groups in total. The molecule has 3 heterocycles. The van der Waals surface area contributed by atoms with Crippen LogP contribution in [0.25, 0.3) is 10.7 Å².